The van der Waals surface area contributed by atoms with Crippen molar-refractivity contribution >= 4 is 33.2 Å². The van der Waals surface area contributed by atoms with Crippen LogP contribution in [0.15, 0.2) is 78.0 Å². The number of rotatable bonds is 6. The number of hydrogen-bond donors (Lipinski definition) is 2. The van der Waals surface area contributed by atoms with Crippen molar-refractivity contribution in [1.82, 2.24) is 10.3 Å². The van der Waals surface area contributed by atoms with Gasteiger partial charge < -0.3 is 5.32 Å². The van der Waals surface area contributed by atoms with Gasteiger partial charge >= 0.3 is 0 Å². The van der Waals surface area contributed by atoms with Gasteiger partial charge in [0.1, 0.15) is 0 Å². The number of nitrogens with zero attached hydrogens (tertiary/aromatic N) is 1. The number of benzene rings is 2. The Kier molecular flexibility index (Phi) is 5.73. The van der Waals surface area contributed by atoms with Gasteiger partial charge in [0, 0.05) is 24.6 Å². The van der Waals surface area contributed by atoms with Crippen LogP contribution in [0.1, 0.15) is 15.9 Å². The zero-order chi connectivity index (χ0) is 19.3. The molecule has 0 aliphatic rings. The van der Waals surface area contributed by atoms with Gasteiger partial charge in [-0.3, -0.25) is 14.5 Å². The van der Waals surface area contributed by atoms with Crippen LogP contribution in [0.5, 0.6) is 0 Å². The number of sulfonamides is 1. The molecule has 0 bridgehead atoms. The molecule has 0 saturated heterocycles. The number of hydrogen-bond acceptors (Lipinski definition) is 4. The Hall–Kier alpha value is -2.90. The van der Waals surface area contributed by atoms with Gasteiger partial charge in [-0.25, -0.2) is 8.42 Å². The van der Waals surface area contributed by atoms with Crippen LogP contribution < -0.4 is 10.0 Å². The first kappa shape index (κ1) is 18.9. The smallest absolute Gasteiger partial charge is 0.261 e. The SMILES string of the molecule is O=C(NCc1cccnc1)c1cc(NS(=O)(=O)c2ccccc2)ccc1Cl. The molecule has 8 heteroatoms. The summed E-state index contributed by atoms with van der Waals surface area (Å²) in [5, 5.41) is 2.96. The summed E-state index contributed by atoms with van der Waals surface area (Å²) in [6.07, 6.45) is 3.29. The zero-order valence-corrected chi connectivity index (χ0v) is 15.7. The molecule has 1 heterocycles. The first-order valence-corrected chi connectivity index (χ1v) is 9.86. The third-order valence-corrected chi connectivity index (χ3v) is 5.42. The van der Waals surface area contributed by atoms with Crippen LogP contribution in [-0.2, 0) is 16.6 Å². The van der Waals surface area contributed by atoms with Crippen LogP contribution in [0.4, 0.5) is 5.69 Å². The van der Waals surface area contributed by atoms with E-state index in [1.54, 1.807) is 36.7 Å². The zero-order valence-electron chi connectivity index (χ0n) is 14.1. The summed E-state index contributed by atoms with van der Waals surface area (Å²) in [7, 11) is -3.76. The van der Waals surface area contributed by atoms with Crippen LogP contribution in [0.2, 0.25) is 5.02 Å². The van der Waals surface area contributed by atoms with Crippen LogP contribution in [0.25, 0.3) is 0 Å². The molecule has 0 spiro atoms. The first-order chi connectivity index (χ1) is 13.0. The van der Waals surface area contributed by atoms with Crippen LogP contribution >= 0.6 is 11.6 Å². The molecule has 0 unspecified atom stereocenters. The van der Waals surface area contributed by atoms with Crippen molar-refractivity contribution in [2.45, 2.75) is 11.4 Å². The highest BCUT2D eigenvalue weighted by Crippen LogP contribution is 2.23. The van der Waals surface area contributed by atoms with Gasteiger partial charge in [0.2, 0.25) is 0 Å². The predicted molar refractivity (Wildman–Crippen MR) is 104 cm³/mol. The summed E-state index contributed by atoms with van der Waals surface area (Å²) < 4.78 is 27.3. The molecule has 0 atom stereocenters. The van der Waals surface area contributed by atoms with E-state index < -0.39 is 15.9 Å². The molecule has 1 amide bonds. The van der Waals surface area contributed by atoms with Gasteiger partial charge in [-0.15, -0.1) is 0 Å². The van der Waals surface area contributed by atoms with Gasteiger partial charge in [0.25, 0.3) is 15.9 Å². The number of nitrogens with one attached hydrogen (secondary N) is 2. The minimum atomic E-state index is -3.76. The normalized spacial score (nSPS) is 11.0. The standard InChI is InChI=1S/C19H16ClN3O3S/c20-18-9-8-15(23-27(25,26)16-6-2-1-3-7-16)11-17(18)19(24)22-13-14-5-4-10-21-12-14/h1-12,23H,13H2,(H,22,24). The summed E-state index contributed by atoms with van der Waals surface area (Å²) in [6.45, 7) is 0.281. The van der Waals surface area contributed by atoms with E-state index in [1.165, 1.54) is 30.3 Å². The van der Waals surface area contributed by atoms with Crippen molar-refractivity contribution in [3.8, 4) is 0 Å². The molecule has 3 aromatic rings. The minimum Gasteiger partial charge on any atom is -0.348 e. The number of carbonyl (C=O) groups excluding carboxylic acids is 1. The molecule has 2 aromatic carbocycles. The number of amides is 1. The summed E-state index contributed by atoms with van der Waals surface area (Å²) in [5.41, 5.74) is 1.26. The molecule has 1 aromatic heterocycles. The molecule has 27 heavy (non-hydrogen) atoms. The van der Waals surface area contributed by atoms with E-state index in [-0.39, 0.29) is 27.7 Å². The van der Waals surface area contributed by atoms with E-state index in [1.807, 2.05) is 6.07 Å². The average molecular weight is 402 g/mol. The molecule has 2 N–H and O–H groups in total. The number of halogens is 1. The van der Waals surface area contributed by atoms with E-state index in [0.717, 1.165) is 5.56 Å². The van der Waals surface area contributed by atoms with Crippen molar-refractivity contribution in [2.24, 2.45) is 0 Å². The lowest BCUT2D eigenvalue weighted by Crippen LogP contribution is -2.23. The minimum absolute atomic E-state index is 0.127. The summed E-state index contributed by atoms with van der Waals surface area (Å²) in [4.78, 5) is 16.5. The maximum Gasteiger partial charge on any atom is 0.261 e. The Labute approximate surface area is 162 Å². The largest absolute Gasteiger partial charge is 0.348 e. The lowest BCUT2D eigenvalue weighted by Gasteiger charge is -2.11. The molecule has 138 valence electrons. The molecule has 0 aliphatic heterocycles. The second-order valence-electron chi connectivity index (χ2n) is 5.66. The van der Waals surface area contributed by atoms with Crippen molar-refractivity contribution in [1.29, 1.82) is 0 Å². The fourth-order valence-electron chi connectivity index (χ4n) is 2.36. The lowest BCUT2D eigenvalue weighted by molar-refractivity contribution is 0.0951. The molecule has 0 aliphatic carbocycles. The quantitative estimate of drug-likeness (QED) is 0.662. The van der Waals surface area contributed by atoms with Crippen molar-refractivity contribution in [3.63, 3.8) is 0 Å². The van der Waals surface area contributed by atoms with E-state index >= 15 is 0 Å². The maximum absolute atomic E-state index is 12.4. The van der Waals surface area contributed by atoms with Crippen molar-refractivity contribution in [2.75, 3.05) is 4.72 Å². The van der Waals surface area contributed by atoms with Gasteiger partial charge in [0.05, 0.1) is 15.5 Å². The van der Waals surface area contributed by atoms with E-state index in [4.69, 9.17) is 11.6 Å². The Morgan fingerprint density at radius 2 is 1.81 bits per heavy atom. The number of pyridine rings is 1. The third-order valence-electron chi connectivity index (χ3n) is 3.69. The van der Waals surface area contributed by atoms with Gasteiger partial charge in [-0.1, -0.05) is 35.9 Å². The monoisotopic (exact) mass is 401 g/mol. The number of aromatic nitrogens is 1. The molecular weight excluding hydrogens is 386 g/mol. The molecule has 0 fully saturated rings. The topological polar surface area (TPSA) is 88.2 Å². The highest BCUT2D eigenvalue weighted by Gasteiger charge is 2.16. The van der Waals surface area contributed by atoms with Crippen LogP contribution in [0, 0.1) is 0 Å². The molecule has 0 saturated carbocycles. The average Bonchev–Trinajstić information content (AvgIpc) is 2.69. The summed E-state index contributed by atoms with van der Waals surface area (Å²) in [5.74, 6) is -0.412. The Balaban J connectivity index is 1.77. The molecule has 0 radical (unpaired) electrons. The molecular formula is C19H16ClN3O3S. The number of carbonyl (C=O) groups is 1. The van der Waals surface area contributed by atoms with Gasteiger partial charge in [-0.2, -0.15) is 0 Å². The van der Waals surface area contributed by atoms with Crippen LogP contribution in [-0.4, -0.2) is 19.3 Å². The van der Waals surface area contributed by atoms with Crippen molar-refractivity contribution in [3.05, 3.63) is 89.2 Å². The van der Waals surface area contributed by atoms with E-state index in [9.17, 15) is 13.2 Å². The first-order valence-electron chi connectivity index (χ1n) is 8.00. The predicted octanol–water partition coefficient (Wildman–Crippen LogP) is 3.47. The lowest BCUT2D eigenvalue weighted by atomic mass is 10.2. The second kappa shape index (κ2) is 8.20. The van der Waals surface area contributed by atoms with Gasteiger partial charge in [-0.05, 0) is 42.0 Å². The third kappa shape index (κ3) is 4.84. The highest BCUT2D eigenvalue weighted by atomic mass is 35.5. The Morgan fingerprint density at radius 1 is 1.04 bits per heavy atom. The Morgan fingerprint density at radius 3 is 2.52 bits per heavy atom. The Bertz CT molecular complexity index is 1040. The summed E-state index contributed by atoms with van der Waals surface area (Å²) >= 11 is 6.11. The van der Waals surface area contributed by atoms with E-state index in [0.29, 0.717) is 0 Å². The fraction of sp³-hybridized carbons (Fsp3) is 0.0526. The van der Waals surface area contributed by atoms with Gasteiger partial charge in [0.15, 0.2) is 0 Å². The number of anilines is 1. The molecule has 3 rings (SSSR count). The maximum atomic E-state index is 12.4. The fourth-order valence-corrected chi connectivity index (χ4v) is 3.63. The molecule has 6 nitrogen and oxygen atoms in total. The van der Waals surface area contributed by atoms with E-state index in [2.05, 4.69) is 15.0 Å². The summed E-state index contributed by atoms with van der Waals surface area (Å²) in [6, 6.07) is 15.9. The highest BCUT2D eigenvalue weighted by molar-refractivity contribution is 7.92. The van der Waals surface area contributed by atoms with Crippen LogP contribution in [0.3, 0.4) is 0 Å². The van der Waals surface area contributed by atoms with Crippen molar-refractivity contribution < 1.29 is 13.2 Å². The second-order valence-corrected chi connectivity index (χ2v) is 7.75.